The molecule has 2 rings (SSSR count). The molecule has 0 aliphatic carbocycles. The Bertz CT molecular complexity index is 248. The molecule has 2 fully saturated rings. The van der Waals surface area contributed by atoms with Crippen molar-refractivity contribution in [3.05, 3.63) is 0 Å². The third kappa shape index (κ3) is 1.88. The summed E-state index contributed by atoms with van der Waals surface area (Å²) in [4.78, 5) is 13.8. The number of rotatable bonds is 2. The Labute approximate surface area is 90.5 Å². The maximum Gasteiger partial charge on any atom is 0.323 e. The summed E-state index contributed by atoms with van der Waals surface area (Å²) in [5.41, 5.74) is 0.134. The molecule has 15 heavy (non-hydrogen) atoms. The zero-order valence-electron chi connectivity index (χ0n) is 9.49. The fraction of sp³-hybridized carbons (Fsp3) is 0.909. The van der Waals surface area contributed by atoms with Gasteiger partial charge in [0.25, 0.3) is 0 Å². The van der Waals surface area contributed by atoms with Crippen molar-refractivity contribution in [1.82, 2.24) is 4.90 Å². The Balaban J connectivity index is 2.00. The van der Waals surface area contributed by atoms with Crippen molar-refractivity contribution in [1.29, 1.82) is 0 Å². The molecule has 0 spiro atoms. The normalized spacial score (nSPS) is 30.7. The van der Waals surface area contributed by atoms with E-state index < -0.39 is 0 Å². The standard InChI is InChI=1S/C11H19NO3/c1-11(4-7-15-8-5-11)12-6-3-9(12)10(13)14-2/h9H,3-8H2,1-2H3. The molecule has 1 atom stereocenters. The van der Waals surface area contributed by atoms with Crippen LogP contribution >= 0.6 is 0 Å². The van der Waals surface area contributed by atoms with Gasteiger partial charge in [0.15, 0.2) is 0 Å². The first-order chi connectivity index (χ1) is 7.17. The zero-order valence-corrected chi connectivity index (χ0v) is 9.49. The minimum absolute atomic E-state index is 0.0156. The van der Waals surface area contributed by atoms with Crippen LogP contribution < -0.4 is 0 Å². The smallest absolute Gasteiger partial charge is 0.323 e. The van der Waals surface area contributed by atoms with E-state index >= 15 is 0 Å². The summed E-state index contributed by atoms with van der Waals surface area (Å²) in [6, 6.07) is -0.0156. The second-order valence-corrected chi connectivity index (χ2v) is 4.63. The van der Waals surface area contributed by atoms with Crippen LogP contribution in [-0.4, -0.2) is 49.3 Å². The number of nitrogens with zero attached hydrogens (tertiary/aromatic N) is 1. The largest absolute Gasteiger partial charge is 0.468 e. The number of hydrogen-bond donors (Lipinski definition) is 0. The average molecular weight is 213 g/mol. The minimum Gasteiger partial charge on any atom is -0.468 e. The summed E-state index contributed by atoms with van der Waals surface area (Å²) < 4.78 is 10.2. The highest BCUT2D eigenvalue weighted by molar-refractivity contribution is 5.76. The second-order valence-electron chi connectivity index (χ2n) is 4.63. The Kier molecular flexibility index (Phi) is 2.98. The van der Waals surface area contributed by atoms with Crippen molar-refractivity contribution in [2.24, 2.45) is 0 Å². The van der Waals surface area contributed by atoms with Crippen LogP contribution in [0.1, 0.15) is 26.2 Å². The molecular formula is C11H19NO3. The van der Waals surface area contributed by atoms with Gasteiger partial charge in [-0.1, -0.05) is 0 Å². The molecule has 2 aliphatic heterocycles. The topological polar surface area (TPSA) is 38.8 Å². The van der Waals surface area contributed by atoms with Crippen molar-refractivity contribution in [2.75, 3.05) is 26.9 Å². The first-order valence-corrected chi connectivity index (χ1v) is 5.60. The molecule has 0 saturated carbocycles. The van der Waals surface area contributed by atoms with Crippen LogP contribution in [0.25, 0.3) is 0 Å². The van der Waals surface area contributed by atoms with Crippen LogP contribution in [0, 0.1) is 0 Å². The summed E-state index contributed by atoms with van der Waals surface area (Å²) in [5, 5.41) is 0. The van der Waals surface area contributed by atoms with Crippen LogP contribution in [-0.2, 0) is 14.3 Å². The van der Waals surface area contributed by atoms with Gasteiger partial charge in [-0.15, -0.1) is 0 Å². The van der Waals surface area contributed by atoms with Crippen LogP contribution in [0.5, 0.6) is 0 Å². The molecular weight excluding hydrogens is 194 g/mol. The molecule has 2 heterocycles. The lowest BCUT2D eigenvalue weighted by Gasteiger charge is -2.52. The first-order valence-electron chi connectivity index (χ1n) is 5.60. The molecule has 2 saturated heterocycles. The maximum absolute atomic E-state index is 11.5. The number of esters is 1. The van der Waals surface area contributed by atoms with E-state index in [0.717, 1.165) is 39.0 Å². The van der Waals surface area contributed by atoms with E-state index in [-0.39, 0.29) is 17.6 Å². The van der Waals surface area contributed by atoms with E-state index in [2.05, 4.69) is 11.8 Å². The summed E-state index contributed by atoms with van der Waals surface area (Å²) in [5.74, 6) is -0.0889. The van der Waals surface area contributed by atoms with Crippen LogP contribution in [0.2, 0.25) is 0 Å². The maximum atomic E-state index is 11.5. The molecule has 1 unspecified atom stereocenters. The molecule has 4 nitrogen and oxygen atoms in total. The number of methoxy groups -OCH3 is 1. The molecule has 0 aromatic rings. The molecule has 86 valence electrons. The number of hydrogen-bond acceptors (Lipinski definition) is 4. The quantitative estimate of drug-likeness (QED) is 0.636. The molecule has 0 radical (unpaired) electrons. The van der Waals surface area contributed by atoms with Gasteiger partial charge in [0.05, 0.1) is 7.11 Å². The summed E-state index contributed by atoms with van der Waals surface area (Å²) in [6.45, 7) is 4.85. The van der Waals surface area contributed by atoms with E-state index in [0.29, 0.717) is 0 Å². The monoisotopic (exact) mass is 213 g/mol. The van der Waals surface area contributed by atoms with Crippen LogP contribution in [0.3, 0.4) is 0 Å². The van der Waals surface area contributed by atoms with Gasteiger partial charge in [-0.05, 0) is 26.2 Å². The van der Waals surface area contributed by atoms with Gasteiger partial charge in [0.2, 0.25) is 0 Å². The predicted octanol–water partition coefficient (Wildman–Crippen LogP) is 0.803. The van der Waals surface area contributed by atoms with Crippen LogP contribution in [0.15, 0.2) is 0 Å². The van der Waals surface area contributed by atoms with E-state index in [1.165, 1.54) is 7.11 Å². The number of carbonyl (C=O) groups excluding carboxylic acids is 1. The van der Waals surface area contributed by atoms with E-state index in [1.807, 2.05) is 0 Å². The van der Waals surface area contributed by atoms with Gasteiger partial charge in [-0.2, -0.15) is 0 Å². The fourth-order valence-corrected chi connectivity index (χ4v) is 2.51. The summed E-state index contributed by atoms with van der Waals surface area (Å²) >= 11 is 0. The van der Waals surface area contributed by atoms with Crippen molar-refractivity contribution in [3.63, 3.8) is 0 Å². The van der Waals surface area contributed by atoms with E-state index in [1.54, 1.807) is 0 Å². The average Bonchev–Trinajstić information content (AvgIpc) is 2.16. The first kappa shape index (κ1) is 10.9. The summed E-state index contributed by atoms with van der Waals surface area (Å²) in [7, 11) is 1.46. The highest BCUT2D eigenvalue weighted by Gasteiger charge is 2.46. The van der Waals surface area contributed by atoms with Gasteiger partial charge in [0.1, 0.15) is 6.04 Å². The highest BCUT2D eigenvalue weighted by atomic mass is 16.5. The molecule has 0 aromatic heterocycles. The Morgan fingerprint density at radius 3 is 2.60 bits per heavy atom. The van der Waals surface area contributed by atoms with Crippen molar-refractivity contribution in [2.45, 2.75) is 37.8 Å². The molecule has 0 N–H and O–H groups in total. The van der Waals surface area contributed by atoms with Gasteiger partial charge >= 0.3 is 5.97 Å². The Morgan fingerprint density at radius 2 is 2.13 bits per heavy atom. The van der Waals surface area contributed by atoms with E-state index in [4.69, 9.17) is 9.47 Å². The van der Waals surface area contributed by atoms with E-state index in [9.17, 15) is 4.79 Å². The molecule has 2 aliphatic rings. The summed E-state index contributed by atoms with van der Waals surface area (Å²) in [6.07, 6.45) is 2.96. The Hall–Kier alpha value is -0.610. The highest BCUT2D eigenvalue weighted by Crippen LogP contribution is 2.35. The van der Waals surface area contributed by atoms with Crippen molar-refractivity contribution < 1.29 is 14.3 Å². The lowest BCUT2D eigenvalue weighted by molar-refractivity contribution is -0.161. The van der Waals surface area contributed by atoms with Crippen molar-refractivity contribution in [3.8, 4) is 0 Å². The number of carbonyl (C=O) groups is 1. The second kappa shape index (κ2) is 4.10. The molecule has 0 amide bonds. The van der Waals surface area contributed by atoms with Crippen LogP contribution in [0.4, 0.5) is 0 Å². The number of ether oxygens (including phenoxy) is 2. The Morgan fingerprint density at radius 1 is 1.47 bits per heavy atom. The van der Waals surface area contributed by atoms with Gasteiger partial charge in [0, 0.05) is 25.3 Å². The predicted molar refractivity (Wildman–Crippen MR) is 55.6 cm³/mol. The lowest BCUT2D eigenvalue weighted by Crippen LogP contribution is -2.64. The SMILES string of the molecule is COC(=O)C1CCN1C1(C)CCOCC1. The van der Waals surface area contributed by atoms with Gasteiger partial charge in [-0.25, -0.2) is 0 Å². The third-order valence-corrected chi connectivity index (χ3v) is 3.76. The van der Waals surface area contributed by atoms with Crippen molar-refractivity contribution >= 4 is 5.97 Å². The molecule has 0 bridgehead atoms. The lowest BCUT2D eigenvalue weighted by atomic mass is 9.84. The molecule has 0 aromatic carbocycles. The fourth-order valence-electron chi connectivity index (χ4n) is 2.51. The van der Waals surface area contributed by atoms with Gasteiger partial charge in [-0.3, -0.25) is 9.69 Å². The molecule has 4 heteroatoms. The minimum atomic E-state index is -0.0889. The zero-order chi connectivity index (χ0) is 10.9. The van der Waals surface area contributed by atoms with Gasteiger partial charge < -0.3 is 9.47 Å². The third-order valence-electron chi connectivity index (χ3n) is 3.76. The number of likely N-dealkylation sites (tertiary alicyclic amines) is 1.